The molecule has 0 heterocycles. The molecular weight excluding hydrogens is 276 g/mol. The summed E-state index contributed by atoms with van der Waals surface area (Å²) in [5, 5.41) is 6.71. The predicted molar refractivity (Wildman–Crippen MR) is 82.2 cm³/mol. The summed E-state index contributed by atoms with van der Waals surface area (Å²) in [6.45, 7) is 7.98. The molecule has 5 heteroatoms. The highest BCUT2D eigenvalue weighted by Crippen LogP contribution is 2.24. The first kappa shape index (κ1) is 16.8. The molecule has 1 amide bonds. The van der Waals surface area contributed by atoms with Gasteiger partial charge in [0.25, 0.3) is 5.91 Å². The third kappa shape index (κ3) is 5.39. The van der Waals surface area contributed by atoms with Gasteiger partial charge in [-0.15, -0.1) is 0 Å². The quantitative estimate of drug-likeness (QED) is 0.776. The highest BCUT2D eigenvalue weighted by Gasteiger charge is 2.15. The number of hydrogen-bond acceptors (Lipinski definition) is 3. The number of carbonyl (C=O) groups is 1. The van der Waals surface area contributed by atoms with Gasteiger partial charge < -0.3 is 15.4 Å². The van der Waals surface area contributed by atoms with Crippen LogP contribution >= 0.6 is 11.6 Å². The summed E-state index contributed by atoms with van der Waals surface area (Å²) in [6, 6.07) is 5.43. The first-order valence-electron chi connectivity index (χ1n) is 7.02. The van der Waals surface area contributed by atoms with E-state index in [1.807, 2.05) is 19.9 Å². The van der Waals surface area contributed by atoms with Crippen molar-refractivity contribution in [2.75, 3.05) is 13.1 Å². The van der Waals surface area contributed by atoms with Crippen LogP contribution in [0.1, 0.15) is 32.8 Å². The second-order valence-corrected chi connectivity index (χ2v) is 5.02. The average molecular weight is 299 g/mol. The van der Waals surface area contributed by atoms with Crippen molar-refractivity contribution in [3.05, 3.63) is 28.8 Å². The summed E-state index contributed by atoms with van der Waals surface area (Å²) in [7, 11) is 0. The molecule has 0 saturated carbocycles. The number of carbonyl (C=O) groups excluding carboxylic acids is 1. The van der Waals surface area contributed by atoms with Crippen molar-refractivity contribution in [2.24, 2.45) is 0 Å². The molecule has 0 aromatic heterocycles. The van der Waals surface area contributed by atoms with Crippen LogP contribution in [0.3, 0.4) is 0 Å². The van der Waals surface area contributed by atoms with E-state index in [0.29, 0.717) is 23.9 Å². The number of ether oxygens (including phenoxy) is 1. The monoisotopic (exact) mass is 298 g/mol. The van der Waals surface area contributed by atoms with E-state index < -0.39 is 6.10 Å². The van der Waals surface area contributed by atoms with Crippen molar-refractivity contribution >= 4 is 17.5 Å². The van der Waals surface area contributed by atoms with Crippen LogP contribution in [-0.4, -0.2) is 25.1 Å². The van der Waals surface area contributed by atoms with Crippen LogP contribution in [0.4, 0.5) is 0 Å². The lowest BCUT2D eigenvalue weighted by Crippen LogP contribution is -2.36. The highest BCUT2D eigenvalue weighted by molar-refractivity contribution is 6.30. The largest absolute Gasteiger partial charge is 0.481 e. The summed E-state index contributed by atoms with van der Waals surface area (Å²) in [6.07, 6.45) is 0.383. The highest BCUT2D eigenvalue weighted by atomic mass is 35.5. The fourth-order valence-corrected chi connectivity index (χ4v) is 1.89. The maximum absolute atomic E-state index is 11.8. The second kappa shape index (κ2) is 8.82. The van der Waals surface area contributed by atoms with Gasteiger partial charge in [0.2, 0.25) is 0 Å². The van der Waals surface area contributed by atoms with E-state index in [9.17, 15) is 4.79 Å². The molecule has 1 aromatic carbocycles. The smallest absolute Gasteiger partial charge is 0.260 e. The Morgan fingerprint density at radius 3 is 2.80 bits per heavy atom. The first-order chi connectivity index (χ1) is 9.58. The molecule has 0 spiro atoms. The van der Waals surface area contributed by atoms with Gasteiger partial charge in [-0.2, -0.15) is 0 Å². The Hall–Kier alpha value is -1.26. The van der Waals surface area contributed by atoms with Crippen LogP contribution in [0.2, 0.25) is 5.02 Å². The Morgan fingerprint density at radius 2 is 2.15 bits per heavy atom. The van der Waals surface area contributed by atoms with Gasteiger partial charge in [-0.05, 0) is 38.1 Å². The van der Waals surface area contributed by atoms with Gasteiger partial charge in [-0.1, -0.05) is 25.4 Å². The Balaban J connectivity index is 2.72. The molecule has 0 saturated heterocycles. The molecule has 0 bridgehead atoms. The van der Waals surface area contributed by atoms with Crippen LogP contribution in [0.5, 0.6) is 5.75 Å². The number of nitrogens with one attached hydrogen (secondary N) is 2. The molecule has 4 nitrogen and oxygen atoms in total. The number of hydrogen-bond donors (Lipinski definition) is 2. The first-order valence-corrected chi connectivity index (χ1v) is 7.39. The SMILES string of the molecule is CCCNC(=O)C(C)Oc1ccc(Cl)cc1CNCC. The summed E-state index contributed by atoms with van der Waals surface area (Å²) >= 11 is 6.00. The molecule has 1 aromatic rings. The molecular formula is C15H23ClN2O2. The van der Waals surface area contributed by atoms with Crippen LogP contribution in [-0.2, 0) is 11.3 Å². The Morgan fingerprint density at radius 1 is 1.40 bits per heavy atom. The Labute approximate surface area is 125 Å². The van der Waals surface area contributed by atoms with E-state index in [2.05, 4.69) is 10.6 Å². The van der Waals surface area contributed by atoms with Gasteiger partial charge >= 0.3 is 0 Å². The molecule has 0 radical (unpaired) electrons. The van der Waals surface area contributed by atoms with Gasteiger partial charge in [-0.25, -0.2) is 0 Å². The summed E-state index contributed by atoms with van der Waals surface area (Å²) < 4.78 is 5.75. The zero-order valence-corrected chi connectivity index (χ0v) is 13.1. The van der Waals surface area contributed by atoms with E-state index in [1.54, 1.807) is 19.1 Å². The van der Waals surface area contributed by atoms with Gasteiger partial charge in [0.1, 0.15) is 5.75 Å². The average Bonchev–Trinajstić information content (AvgIpc) is 2.44. The standard InChI is InChI=1S/C15H23ClN2O2/c1-4-8-18-15(19)11(3)20-14-7-6-13(16)9-12(14)10-17-5-2/h6-7,9,11,17H,4-5,8,10H2,1-3H3,(H,18,19). The Bertz CT molecular complexity index is 438. The zero-order chi connectivity index (χ0) is 15.0. The van der Waals surface area contributed by atoms with E-state index in [-0.39, 0.29) is 5.91 Å². The third-order valence-electron chi connectivity index (χ3n) is 2.81. The molecule has 0 aliphatic carbocycles. The van der Waals surface area contributed by atoms with Crippen molar-refractivity contribution in [1.82, 2.24) is 10.6 Å². The zero-order valence-electron chi connectivity index (χ0n) is 12.3. The Kier molecular flexibility index (Phi) is 7.41. The van der Waals surface area contributed by atoms with Crippen molar-refractivity contribution in [3.63, 3.8) is 0 Å². The van der Waals surface area contributed by atoms with Crippen LogP contribution in [0, 0.1) is 0 Å². The molecule has 1 rings (SSSR count). The number of amides is 1. The molecule has 20 heavy (non-hydrogen) atoms. The van der Waals surface area contributed by atoms with E-state index in [0.717, 1.165) is 18.5 Å². The number of halogens is 1. The molecule has 1 atom stereocenters. The molecule has 0 fully saturated rings. The maximum Gasteiger partial charge on any atom is 0.260 e. The van der Waals surface area contributed by atoms with Crippen molar-refractivity contribution in [1.29, 1.82) is 0 Å². The van der Waals surface area contributed by atoms with Gasteiger partial charge in [0.05, 0.1) is 0 Å². The molecule has 1 unspecified atom stereocenters. The fourth-order valence-electron chi connectivity index (χ4n) is 1.70. The number of rotatable bonds is 8. The van der Waals surface area contributed by atoms with E-state index in [1.165, 1.54) is 0 Å². The summed E-state index contributed by atoms with van der Waals surface area (Å²) in [5.74, 6) is 0.589. The lowest BCUT2D eigenvalue weighted by Gasteiger charge is -2.17. The van der Waals surface area contributed by atoms with Gasteiger partial charge in [0.15, 0.2) is 6.10 Å². The van der Waals surface area contributed by atoms with Gasteiger partial charge in [0, 0.05) is 23.7 Å². The minimum absolute atomic E-state index is 0.101. The third-order valence-corrected chi connectivity index (χ3v) is 3.05. The van der Waals surface area contributed by atoms with Crippen molar-refractivity contribution in [2.45, 2.75) is 39.8 Å². The van der Waals surface area contributed by atoms with Crippen molar-refractivity contribution < 1.29 is 9.53 Å². The van der Waals surface area contributed by atoms with Crippen molar-refractivity contribution in [3.8, 4) is 5.75 Å². The van der Waals surface area contributed by atoms with Crippen LogP contribution in [0.25, 0.3) is 0 Å². The van der Waals surface area contributed by atoms with Crippen LogP contribution < -0.4 is 15.4 Å². The molecule has 0 aliphatic heterocycles. The van der Waals surface area contributed by atoms with E-state index >= 15 is 0 Å². The predicted octanol–water partition coefficient (Wildman–Crippen LogP) is 2.74. The summed E-state index contributed by atoms with van der Waals surface area (Å²) in [4.78, 5) is 11.8. The fraction of sp³-hybridized carbons (Fsp3) is 0.533. The molecule has 2 N–H and O–H groups in total. The summed E-state index contributed by atoms with van der Waals surface area (Å²) in [5.41, 5.74) is 0.953. The topological polar surface area (TPSA) is 50.4 Å². The maximum atomic E-state index is 11.8. The van der Waals surface area contributed by atoms with Crippen LogP contribution in [0.15, 0.2) is 18.2 Å². The van der Waals surface area contributed by atoms with Gasteiger partial charge in [-0.3, -0.25) is 4.79 Å². The number of benzene rings is 1. The lowest BCUT2D eigenvalue weighted by molar-refractivity contribution is -0.127. The molecule has 112 valence electrons. The minimum atomic E-state index is -0.525. The minimum Gasteiger partial charge on any atom is -0.481 e. The molecule has 0 aliphatic rings. The second-order valence-electron chi connectivity index (χ2n) is 4.58. The van der Waals surface area contributed by atoms with E-state index in [4.69, 9.17) is 16.3 Å². The lowest BCUT2D eigenvalue weighted by atomic mass is 10.2. The normalized spacial score (nSPS) is 12.0.